The third-order valence-corrected chi connectivity index (χ3v) is 4.44. The zero-order valence-electron chi connectivity index (χ0n) is 9.70. The standard InChI is InChI=1S/C12H11BrN2O2S/c1-6-10(12(16)14-7-2-3-7)11(15-17-6)8-4-5-9(13)18-8/h4-5,7H,2-3H2,1H3,(H,14,16). The number of hydrogen-bond acceptors (Lipinski definition) is 4. The van der Waals surface area contributed by atoms with Gasteiger partial charge in [0.1, 0.15) is 17.0 Å². The molecule has 3 rings (SSSR count). The summed E-state index contributed by atoms with van der Waals surface area (Å²) in [6, 6.07) is 4.20. The Morgan fingerprint density at radius 1 is 1.56 bits per heavy atom. The molecule has 94 valence electrons. The number of carbonyl (C=O) groups is 1. The first-order chi connectivity index (χ1) is 8.65. The van der Waals surface area contributed by atoms with Crippen molar-refractivity contribution >= 4 is 33.2 Å². The van der Waals surface area contributed by atoms with Crippen LogP contribution in [0.15, 0.2) is 20.4 Å². The van der Waals surface area contributed by atoms with Gasteiger partial charge in [-0.2, -0.15) is 0 Å². The van der Waals surface area contributed by atoms with Crippen LogP contribution in [0.25, 0.3) is 10.6 Å². The highest BCUT2D eigenvalue weighted by atomic mass is 79.9. The van der Waals surface area contributed by atoms with E-state index >= 15 is 0 Å². The first-order valence-corrected chi connectivity index (χ1v) is 7.29. The molecular weight excluding hydrogens is 316 g/mol. The van der Waals surface area contributed by atoms with E-state index in [2.05, 4.69) is 26.4 Å². The summed E-state index contributed by atoms with van der Waals surface area (Å²) in [5, 5.41) is 6.97. The minimum atomic E-state index is -0.0872. The molecule has 4 nitrogen and oxygen atoms in total. The topological polar surface area (TPSA) is 55.1 Å². The van der Waals surface area contributed by atoms with Crippen LogP contribution in [-0.4, -0.2) is 17.1 Å². The molecule has 1 amide bonds. The van der Waals surface area contributed by atoms with Crippen LogP contribution in [0.5, 0.6) is 0 Å². The number of aryl methyl sites for hydroxylation is 1. The quantitative estimate of drug-likeness (QED) is 0.940. The fourth-order valence-electron chi connectivity index (χ4n) is 1.73. The second kappa shape index (κ2) is 4.51. The van der Waals surface area contributed by atoms with Gasteiger partial charge in [0.2, 0.25) is 0 Å². The normalized spacial score (nSPS) is 14.8. The Labute approximate surface area is 116 Å². The number of hydrogen-bond donors (Lipinski definition) is 1. The lowest BCUT2D eigenvalue weighted by Gasteiger charge is -2.02. The first kappa shape index (κ1) is 11.9. The van der Waals surface area contributed by atoms with Crippen molar-refractivity contribution in [2.45, 2.75) is 25.8 Å². The molecule has 18 heavy (non-hydrogen) atoms. The fraction of sp³-hybridized carbons (Fsp3) is 0.333. The lowest BCUT2D eigenvalue weighted by atomic mass is 10.1. The van der Waals surface area contributed by atoms with Crippen LogP contribution in [0, 0.1) is 6.92 Å². The second-order valence-corrected chi connectivity index (χ2v) is 6.78. The number of halogens is 1. The second-order valence-electron chi connectivity index (χ2n) is 4.31. The van der Waals surface area contributed by atoms with E-state index in [1.165, 1.54) is 11.3 Å². The molecule has 1 fully saturated rings. The highest BCUT2D eigenvalue weighted by molar-refractivity contribution is 9.11. The number of amides is 1. The van der Waals surface area contributed by atoms with E-state index in [-0.39, 0.29) is 5.91 Å². The predicted octanol–water partition coefficient (Wildman–Crippen LogP) is 3.37. The molecule has 0 aliphatic heterocycles. The Morgan fingerprint density at radius 3 is 2.94 bits per heavy atom. The van der Waals surface area contributed by atoms with Gasteiger partial charge in [-0.1, -0.05) is 5.16 Å². The van der Waals surface area contributed by atoms with E-state index in [0.717, 1.165) is 21.5 Å². The number of carbonyl (C=O) groups excluding carboxylic acids is 1. The molecule has 0 unspecified atom stereocenters. The van der Waals surface area contributed by atoms with Gasteiger partial charge >= 0.3 is 0 Å². The SMILES string of the molecule is Cc1onc(-c2ccc(Br)s2)c1C(=O)NC1CC1. The summed E-state index contributed by atoms with van der Waals surface area (Å²) in [6.07, 6.45) is 2.13. The van der Waals surface area contributed by atoms with E-state index in [0.29, 0.717) is 23.1 Å². The molecule has 1 aliphatic carbocycles. The summed E-state index contributed by atoms with van der Waals surface area (Å²) in [5.41, 5.74) is 1.18. The Hall–Kier alpha value is -1.14. The highest BCUT2D eigenvalue weighted by Crippen LogP contribution is 2.34. The minimum absolute atomic E-state index is 0.0872. The maximum absolute atomic E-state index is 12.2. The van der Waals surface area contributed by atoms with Gasteiger partial charge in [0.15, 0.2) is 0 Å². The van der Waals surface area contributed by atoms with Gasteiger partial charge in [-0.25, -0.2) is 0 Å². The van der Waals surface area contributed by atoms with Crippen LogP contribution in [0.2, 0.25) is 0 Å². The molecule has 1 saturated carbocycles. The van der Waals surface area contributed by atoms with Crippen LogP contribution < -0.4 is 5.32 Å². The molecule has 0 saturated heterocycles. The van der Waals surface area contributed by atoms with Crippen molar-refractivity contribution < 1.29 is 9.32 Å². The molecule has 0 radical (unpaired) electrons. The van der Waals surface area contributed by atoms with Crippen LogP contribution in [-0.2, 0) is 0 Å². The molecule has 0 aromatic carbocycles. The molecular formula is C12H11BrN2O2S. The third kappa shape index (κ3) is 2.22. The van der Waals surface area contributed by atoms with E-state index in [1.807, 2.05) is 12.1 Å². The lowest BCUT2D eigenvalue weighted by Crippen LogP contribution is -2.26. The third-order valence-electron chi connectivity index (χ3n) is 2.81. The van der Waals surface area contributed by atoms with Crippen molar-refractivity contribution in [3.63, 3.8) is 0 Å². The van der Waals surface area contributed by atoms with Gasteiger partial charge < -0.3 is 9.84 Å². The Bertz CT molecular complexity index is 601. The Kier molecular flexibility index (Phi) is 2.99. The Morgan fingerprint density at radius 2 is 2.33 bits per heavy atom. The highest BCUT2D eigenvalue weighted by Gasteiger charge is 2.28. The minimum Gasteiger partial charge on any atom is -0.360 e. The molecule has 2 aromatic rings. The summed E-state index contributed by atoms with van der Waals surface area (Å²) in [7, 11) is 0. The van der Waals surface area contributed by atoms with Gasteiger partial charge in [0.25, 0.3) is 5.91 Å². The monoisotopic (exact) mass is 326 g/mol. The predicted molar refractivity (Wildman–Crippen MR) is 72.7 cm³/mol. The van der Waals surface area contributed by atoms with Crippen LogP contribution in [0.3, 0.4) is 0 Å². The maximum Gasteiger partial charge on any atom is 0.257 e. The molecule has 0 spiro atoms. The smallest absolute Gasteiger partial charge is 0.257 e. The Balaban J connectivity index is 1.97. The van der Waals surface area contributed by atoms with Crippen molar-refractivity contribution in [2.75, 3.05) is 0 Å². The number of rotatable bonds is 3. The van der Waals surface area contributed by atoms with Gasteiger partial charge in [-0.3, -0.25) is 4.79 Å². The van der Waals surface area contributed by atoms with E-state index in [4.69, 9.17) is 4.52 Å². The molecule has 0 atom stereocenters. The van der Waals surface area contributed by atoms with Crippen molar-refractivity contribution in [3.05, 3.63) is 27.2 Å². The fourth-order valence-corrected chi connectivity index (χ4v) is 3.11. The maximum atomic E-state index is 12.2. The number of aromatic nitrogens is 1. The lowest BCUT2D eigenvalue weighted by molar-refractivity contribution is 0.0950. The number of nitrogens with one attached hydrogen (secondary N) is 1. The van der Waals surface area contributed by atoms with Crippen LogP contribution >= 0.6 is 27.3 Å². The molecule has 0 bridgehead atoms. The van der Waals surface area contributed by atoms with Crippen molar-refractivity contribution in [2.24, 2.45) is 0 Å². The number of thiophene rings is 1. The van der Waals surface area contributed by atoms with Gasteiger partial charge in [-0.15, -0.1) is 11.3 Å². The summed E-state index contributed by atoms with van der Waals surface area (Å²) in [6.45, 7) is 1.76. The van der Waals surface area contributed by atoms with Crippen LogP contribution in [0.1, 0.15) is 29.0 Å². The first-order valence-electron chi connectivity index (χ1n) is 5.68. The largest absolute Gasteiger partial charge is 0.360 e. The van der Waals surface area contributed by atoms with E-state index < -0.39 is 0 Å². The van der Waals surface area contributed by atoms with Crippen LogP contribution in [0.4, 0.5) is 0 Å². The number of nitrogens with zero attached hydrogens (tertiary/aromatic N) is 1. The molecule has 2 aromatic heterocycles. The van der Waals surface area contributed by atoms with E-state index in [9.17, 15) is 4.79 Å². The zero-order chi connectivity index (χ0) is 12.7. The van der Waals surface area contributed by atoms with Crippen molar-refractivity contribution in [3.8, 4) is 10.6 Å². The van der Waals surface area contributed by atoms with E-state index in [1.54, 1.807) is 6.92 Å². The molecule has 1 N–H and O–H groups in total. The molecule has 1 aliphatic rings. The average Bonchev–Trinajstić information content (AvgIpc) is 2.88. The van der Waals surface area contributed by atoms with Gasteiger partial charge in [-0.05, 0) is 47.8 Å². The molecule has 6 heteroatoms. The van der Waals surface area contributed by atoms with Crippen molar-refractivity contribution in [1.82, 2.24) is 10.5 Å². The summed E-state index contributed by atoms with van der Waals surface area (Å²) in [5.74, 6) is 0.475. The van der Waals surface area contributed by atoms with Gasteiger partial charge in [0.05, 0.1) is 8.66 Å². The molecule has 2 heterocycles. The summed E-state index contributed by atoms with van der Waals surface area (Å²) >= 11 is 4.94. The summed E-state index contributed by atoms with van der Waals surface area (Å²) < 4.78 is 6.17. The average molecular weight is 327 g/mol. The zero-order valence-corrected chi connectivity index (χ0v) is 12.1. The van der Waals surface area contributed by atoms with Crippen molar-refractivity contribution in [1.29, 1.82) is 0 Å². The van der Waals surface area contributed by atoms with Gasteiger partial charge in [0, 0.05) is 6.04 Å². The summed E-state index contributed by atoms with van der Waals surface area (Å²) in [4.78, 5) is 13.1.